The van der Waals surface area contributed by atoms with Crippen LogP contribution < -0.4 is 17.0 Å². The predicted octanol–water partition coefficient (Wildman–Crippen LogP) is -0.0426. The molecule has 21 heavy (non-hydrogen) atoms. The van der Waals surface area contributed by atoms with Crippen LogP contribution in [0.1, 0.15) is 24.3 Å². The summed E-state index contributed by atoms with van der Waals surface area (Å²) in [5.74, 6) is 4.53. The van der Waals surface area contributed by atoms with Crippen LogP contribution in [0.4, 0.5) is 0 Å². The number of hydrogen-bond acceptors (Lipinski definition) is 4. The van der Waals surface area contributed by atoms with Crippen molar-refractivity contribution in [2.45, 2.75) is 18.8 Å². The molecule has 0 aliphatic carbocycles. The van der Waals surface area contributed by atoms with Gasteiger partial charge in [0.1, 0.15) is 0 Å². The van der Waals surface area contributed by atoms with E-state index in [0.717, 1.165) is 31.5 Å². The van der Waals surface area contributed by atoms with Gasteiger partial charge in [0, 0.05) is 12.5 Å². The van der Waals surface area contributed by atoms with E-state index in [9.17, 15) is 9.59 Å². The third kappa shape index (κ3) is 4.03. The second-order valence-electron chi connectivity index (χ2n) is 5.45. The lowest BCUT2D eigenvalue weighted by atomic mass is 9.93. The van der Waals surface area contributed by atoms with Crippen LogP contribution in [0.2, 0.25) is 0 Å². The third-order valence-electron chi connectivity index (χ3n) is 4.09. The molecular formula is C15H22N4O2. The number of carbonyl (C=O) groups is 2. The van der Waals surface area contributed by atoms with Crippen LogP contribution in [0.5, 0.6) is 0 Å². The number of carbonyl (C=O) groups excluding carboxylic acids is 2. The van der Waals surface area contributed by atoms with E-state index in [1.165, 1.54) is 0 Å². The van der Waals surface area contributed by atoms with Gasteiger partial charge in [-0.25, -0.2) is 5.84 Å². The van der Waals surface area contributed by atoms with E-state index in [1.54, 1.807) is 0 Å². The Balaban J connectivity index is 2.00. The maximum atomic E-state index is 12.0. The summed E-state index contributed by atoms with van der Waals surface area (Å²) in [5, 5.41) is 0. The van der Waals surface area contributed by atoms with Gasteiger partial charge in [0.2, 0.25) is 11.8 Å². The number of rotatable bonds is 5. The van der Waals surface area contributed by atoms with Crippen LogP contribution >= 0.6 is 0 Å². The molecule has 2 rings (SSSR count). The van der Waals surface area contributed by atoms with Crippen LogP contribution in [-0.4, -0.2) is 36.3 Å². The summed E-state index contributed by atoms with van der Waals surface area (Å²) in [4.78, 5) is 25.4. The second kappa shape index (κ2) is 7.19. The maximum Gasteiger partial charge on any atom is 0.242 e. The Kier molecular flexibility index (Phi) is 5.30. The molecule has 1 heterocycles. The number of hydrazine groups is 1. The van der Waals surface area contributed by atoms with Gasteiger partial charge in [-0.15, -0.1) is 0 Å². The van der Waals surface area contributed by atoms with E-state index in [2.05, 4.69) is 10.3 Å². The fourth-order valence-electron chi connectivity index (χ4n) is 2.78. The molecule has 0 saturated carbocycles. The maximum absolute atomic E-state index is 12.0. The normalized spacial score (nSPS) is 18.1. The number of hydrogen-bond donors (Lipinski definition) is 3. The first-order valence-corrected chi connectivity index (χ1v) is 7.19. The van der Waals surface area contributed by atoms with Crippen LogP contribution in [-0.2, 0) is 9.59 Å². The molecule has 5 N–H and O–H groups in total. The lowest BCUT2D eigenvalue weighted by Crippen LogP contribution is -2.44. The van der Waals surface area contributed by atoms with Crippen LogP contribution in [0.25, 0.3) is 0 Å². The lowest BCUT2D eigenvalue weighted by Gasteiger charge is -2.32. The van der Waals surface area contributed by atoms with Gasteiger partial charge in [0.25, 0.3) is 0 Å². The van der Waals surface area contributed by atoms with Crippen molar-refractivity contribution in [2.75, 3.05) is 19.6 Å². The summed E-state index contributed by atoms with van der Waals surface area (Å²) >= 11 is 0. The van der Waals surface area contributed by atoms with E-state index >= 15 is 0 Å². The minimum Gasteiger partial charge on any atom is -0.369 e. The molecule has 0 bridgehead atoms. The molecule has 1 aliphatic heterocycles. The van der Waals surface area contributed by atoms with Gasteiger partial charge in [-0.3, -0.25) is 15.0 Å². The molecule has 0 radical (unpaired) electrons. The highest BCUT2D eigenvalue weighted by molar-refractivity contribution is 5.83. The molecule has 1 atom stereocenters. The summed E-state index contributed by atoms with van der Waals surface area (Å²) in [5.41, 5.74) is 8.52. The van der Waals surface area contributed by atoms with Crippen LogP contribution in [0.15, 0.2) is 30.3 Å². The Bertz CT molecular complexity index is 484. The molecule has 1 aliphatic rings. The largest absolute Gasteiger partial charge is 0.369 e. The number of nitrogens with one attached hydrogen (secondary N) is 1. The highest BCUT2D eigenvalue weighted by atomic mass is 16.2. The first-order valence-electron chi connectivity index (χ1n) is 7.19. The number of likely N-dealkylation sites (tertiary alicyclic amines) is 1. The molecule has 1 unspecified atom stereocenters. The van der Waals surface area contributed by atoms with Gasteiger partial charge in [-0.1, -0.05) is 30.3 Å². The molecular weight excluding hydrogens is 268 g/mol. The number of primary amides is 1. The van der Waals surface area contributed by atoms with Crippen molar-refractivity contribution in [1.29, 1.82) is 0 Å². The van der Waals surface area contributed by atoms with Crippen molar-refractivity contribution >= 4 is 11.8 Å². The third-order valence-corrected chi connectivity index (χ3v) is 4.09. The van der Waals surface area contributed by atoms with Crippen molar-refractivity contribution in [3.63, 3.8) is 0 Å². The quantitative estimate of drug-likeness (QED) is 0.402. The highest BCUT2D eigenvalue weighted by Crippen LogP contribution is 2.22. The summed E-state index contributed by atoms with van der Waals surface area (Å²) in [6.07, 6.45) is 1.50. The molecule has 1 aromatic rings. The highest BCUT2D eigenvalue weighted by Gasteiger charge is 2.27. The minimum absolute atomic E-state index is 0.0419. The van der Waals surface area contributed by atoms with Gasteiger partial charge >= 0.3 is 0 Å². The van der Waals surface area contributed by atoms with E-state index in [4.69, 9.17) is 11.6 Å². The Morgan fingerprint density at radius 3 is 2.38 bits per heavy atom. The zero-order valence-electron chi connectivity index (χ0n) is 12.0. The average Bonchev–Trinajstić information content (AvgIpc) is 2.53. The van der Waals surface area contributed by atoms with Gasteiger partial charge in [-0.2, -0.15) is 0 Å². The van der Waals surface area contributed by atoms with E-state index in [-0.39, 0.29) is 23.7 Å². The van der Waals surface area contributed by atoms with Crippen molar-refractivity contribution < 1.29 is 9.59 Å². The topological polar surface area (TPSA) is 101 Å². The Morgan fingerprint density at radius 2 is 1.86 bits per heavy atom. The molecule has 6 heteroatoms. The van der Waals surface area contributed by atoms with Gasteiger partial charge < -0.3 is 10.6 Å². The van der Waals surface area contributed by atoms with E-state index < -0.39 is 0 Å². The number of amides is 2. The summed E-state index contributed by atoms with van der Waals surface area (Å²) < 4.78 is 0. The first-order chi connectivity index (χ1) is 10.1. The second-order valence-corrected chi connectivity index (χ2v) is 5.45. The molecule has 1 aromatic carbocycles. The first kappa shape index (κ1) is 15.5. The molecule has 0 spiro atoms. The SMILES string of the molecule is NNC(=O)C(CN1CCC(C(N)=O)CC1)c1ccccc1. The minimum atomic E-state index is -0.304. The monoisotopic (exact) mass is 290 g/mol. The summed E-state index contributed by atoms with van der Waals surface area (Å²) in [6, 6.07) is 9.59. The molecule has 1 fully saturated rings. The fourth-order valence-corrected chi connectivity index (χ4v) is 2.78. The van der Waals surface area contributed by atoms with Crippen LogP contribution in [0, 0.1) is 5.92 Å². The van der Waals surface area contributed by atoms with Crippen LogP contribution in [0.3, 0.4) is 0 Å². The zero-order valence-corrected chi connectivity index (χ0v) is 12.0. The van der Waals surface area contributed by atoms with Crippen molar-refractivity contribution in [3.05, 3.63) is 35.9 Å². The van der Waals surface area contributed by atoms with E-state index in [0.29, 0.717) is 6.54 Å². The average molecular weight is 290 g/mol. The van der Waals surface area contributed by atoms with Gasteiger partial charge in [-0.05, 0) is 31.5 Å². The molecule has 6 nitrogen and oxygen atoms in total. The fraction of sp³-hybridized carbons (Fsp3) is 0.467. The smallest absolute Gasteiger partial charge is 0.242 e. The Hall–Kier alpha value is -1.92. The number of nitrogens with two attached hydrogens (primary N) is 2. The molecule has 2 amide bonds. The zero-order chi connectivity index (χ0) is 15.2. The summed E-state index contributed by atoms with van der Waals surface area (Å²) in [6.45, 7) is 2.14. The van der Waals surface area contributed by atoms with Crippen molar-refractivity contribution in [2.24, 2.45) is 17.5 Å². The Morgan fingerprint density at radius 1 is 1.24 bits per heavy atom. The summed E-state index contributed by atoms with van der Waals surface area (Å²) in [7, 11) is 0. The number of nitrogens with zero attached hydrogens (tertiary/aromatic N) is 1. The van der Waals surface area contributed by atoms with Crippen molar-refractivity contribution in [1.82, 2.24) is 10.3 Å². The van der Waals surface area contributed by atoms with Gasteiger partial charge in [0.15, 0.2) is 0 Å². The number of benzene rings is 1. The predicted molar refractivity (Wildman–Crippen MR) is 79.9 cm³/mol. The molecule has 114 valence electrons. The number of piperidine rings is 1. The van der Waals surface area contributed by atoms with Crippen molar-refractivity contribution in [3.8, 4) is 0 Å². The van der Waals surface area contributed by atoms with E-state index in [1.807, 2.05) is 30.3 Å². The molecule has 1 saturated heterocycles. The lowest BCUT2D eigenvalue weighted by molar-refractivity contribution is -0.125. The van der Waals surface area contributed by atoms with Gasteiger partial charge in [0.05, 0.1) is 5.92 Å². The molecule has 0 aromatic heterocycles. The standard InChI is InChI=1S/C15H22N4O2/c16-14(20)12-6-8-19(9-7-12)10-13(15(21)18-17)11-4-2-1-3-5-11/h1-5,12-13H,6-10,17H2,(H2,16,20)(H,18,21). The Labute approximate surface area is 124 Å².